The molecule has 0 aliphatic carbocycles. The smallest absolute Gasteiger partial charge is 0.338 e. The molecular formula is C11H12O2. The van der Waals surface area contributed by atoms with Crippen molar-refractivity contribution in [3.05, 3.63) is 34.4 Å². The van der Waals surface area contributed by atoms with Crippen LogP contribution in [0.15, 0.2) is 12.1 Å². The number of hydrogen-bond donors (Lipinski definition) is 0. The van der Waals surface area contributed by atoms with Crippen molar-refractivity contribution in [2.75, 3.05) is 0 Å². The Morgan fingerprint density at radius 2 is 2.23 bits per heavy atom. The molecule has 0 bridgehead atoms. The van der Waals surface area contributed by atoms with Gasteiger partial charge in [-0.05, 0) is 30.5 Å². The van der Waals surface area contributed by atoms with E-state index in [-0.39, 0.29) is 5.97 Å². The Kier molecular flexibility index (Phi) is 1.83. The van der Waals surface area contributed by atoms with Crippen molar-refractivity contribution in [3.8, 4) is 0 Å². The fourth-order valence-corrected chi connectivity index (χ4v) is 1.72. The van der Waals surface area contributed by atoms with Gasteiger partial charge in [0, 0.05) is 5.56 Å². The number of carbonyl (C=O) groups is 1. The predicted octanol–water partition coefficient (Wildman–Crippen LogP) is 2.23. The Morgan fingerprint density at radius 1 is 1.46 bits per heavy atom. The van der Waals surface area contributed by atoms with E-state index in [1.165, 1.54) is 11.1 Å². The monoisotopic (exact) mass is 176 g/mol. The highest BCUT2D eigenvalue weighted by molar-refractivity contribution is 5.93. The molecule has 2 nitrogen and oxygen atoms in total. The van der Waals surface area contributed by atoms with E-state index in [0.29, 0.717) is 6.61 Å². The quantitative estimate of drug-likeness (QED) is 0.613. The van der Waals surface area contributed by atoms with Crippen LogP contribution < -0.4 is 0 Å². The zero-order chi connectivity index (χ0) is 9.42. The summed E-state index contributed by atoms with van der Waals surface area (Å²) < 4.78 is 4.94. The van der Waals surface area contributed by atoms with Crippen LogP contribution in [-0.4, -0.2) is 5.97 Å². The molecule has 0 saturated carbocycles. The molecule has 1 heterocycles. The molecule has 1 aliphatic rings. The van der Waals surface area contributed by atoms with Crippen molar-refractivity contribution in [2.45, 2.75) is 26.9 Å². The number of esters is 1. The number of hydrogen-bond acceptors (Lipinski definition) is 2. The van der Waals surface area contributed by atoms with Gasteiger partial charge in [-0.1, -0.05) is 13.0 Å². The molecule has 0 fully saturated rings. The number of ether oxygens (including phenoxy) is 1. The van der Waals surface area contributed by atoms with Gasteiger partial charge in [0.1, 0.15) is 6.61 Å². The van der Waals surface area contributed by atoms with Crippen molar-refractivity contribution >= 4 is 5.97 Å². The van der Waals surface area contributed by atoms with Crippen LogP contribution in [0.5, 0.6) is 0 Å². The van der Waals surface area contributed by atoms with Crippen LogP contribution in [0.25, 0.3) is 0 Å². The second-order valence-corrected chi connectivity index (χ2v) is 3.37. The highest BCUT2D eigenvalue weighted by Crippen LogP contribution is 2.23. The zero-order valence-corrected chi connectivity index (χ0v) is 7.89. The Morgan fingerprint density at radius 3 is 2.92 bits per heavy atom. The molecule has 0 aromatic heterocycles. The third-order valence-corrected chi connectivity index (χ3v) is 2.52. The number of benzene rings is 1. The summed E-state index contributed by atoms with van der Waals surface area (Å²) in [6, 6.07) is 4.01. The van der Waals surface area contributed by atoms with Gasteiger partial charge in [0.2, 0.25) is 0 Å². The van der Waals surface area contributed by atoms with Crippen LogP contribution in [0.3, 0.4) is 0 Å². The SMILES string of the molecule is CCc1cc2c(cc1C)C(=O)OC2. The first kappa shape index (κ1) is 8.30. The van der Waals surface area contributed by atoms with E-state index in [9.17, 15) is 4.79 Å². The highest BCUT2D eigenvalue weighted by atomic mass is 16.5. The Hall–Kier alpha value is -1.31. The van der Waals surface area contributed by atoms with Gasteiger partial charge < -0.3 is 4.74 Å². The van der Waals surface area contributed by atoms with Crippen molar-refractivity contribution in [1.29, 1.82) is 0 Å². The van der Waals surface area contributed by atoms with Gasteiger partial charge in [-0.15, -0.1) is 0 Å². The molecular weight excluding hydrogens is 164 g/mol. The predicted molar refractivity (Wildman–Crippen MR) is 49.7 cm³/mol. The van der Waals surface area contributed by atoms with Crippen LogP contribution >= 0.6 is 0 Å². The van der Waals surface area contributed by atoms with Gasteiger partial charge in [0.05, 0.1) is 5.56 Å². The van der Waals surface area contributed by atoms with Gasteiger partial charge >= 0.3 is 5.97 Å². The normalized spacial score (nSPS) is 14.2. The largest absolute Gasteiger partial charge is 0.457 e. The fraction of sp³-hybridized carbons (Fsp3) is 0.364. The summed E-state index contributed by atoms with van der Waals surface area (Å²) >= 11 is 0. The first-order valence-electron chi connectivity index (χ1n) is 4.52. The summed E-state index contributed by atoms with van der Waals surface area (Å²) in [5, 5.41) is 0. The summed E-state index contributed by atoms with van der Waals surface area (Å²) in [5.41, 5.74) is 4.26. The van der Waals surface area contributed by atoms with Gasteiger partial charge in [0.25, 0.3) is 0 Å². The van der Waals surface area contributed by atoms with Crippen LogP contribution in [0.4, 0.5) is 0 Å². The molecule has 0 radical (unpaired) electrons. The number of cyclic esters (lactones) is 1. The lowest BCUT2D eigenvalue weighted by molar-refractivity contribution is 0.0535. The first-order chi connectivity index (χ1) is 6.22. The molecule has 2 rings (SSSR count). The Bertz CT molecular complexity index is 367. The van der Waals surface area contributed by atoms with Crippen molar-refractivity contribution in [2.24, 2.45) is 0 Å². The number of carbonyl (C=O) groups excluding carboxylic acids is 1. The number of fused-ring (bicyclic) bond motifs is 1. The van der Waals surface area contributed by atoms with E-state index in [1.807, 2.05) is 13.0 Å². The fourth-order valence-electron chi connectivity index (χ4n) is 1.72. The summed E-state index contributed by atoms with van der Waals surface area (Å²) in [7, 11) is 0. The van der Waals surface area contributed by atoms with E-state index in [4.69, 9.17) is 4.74 Å². The van der Waals surface area contributed by atoms with Crippen LogP contribution in [0.2, 0.25) is 0 Å². The van der Waals surface area contributed by atoms with Crippen molar-refractivity contribution < 1.29 is 9.53 Å². The Balaban J connectivity index is 2.56. The number of aryl methyl sites for hydroxylation is 2. The Labute approximate surface area is 77.5 Å². The van der Waals surface area contributed by atoms with E-state index < -0.39 is 0 Å². The molecule has 0 N–H and O–H groups in total. The lowest BCUT2D eigenvalue weighted by atomic mass is 9.99. The van der Waals surface area contributed by atoms with Gasteiger partial charge in [0.15, 0.2) is 0 Å². The van der Waals surface area contributed by atoms with E-state index in [0.717, 1.165) is 17.5 Å². The molecule has 1 aliphatic heterocycles. The average Bonchev–Trinajstić information content (AvgIpc) is 2.47. The maximum absolute atomic E-state index is 11.2. The summed E-state index contributed by atoms with van der Waals surface area (Å²) in [4.78, 5) is 11.2. The molecule has 0 amide bonds. The molecule has 13 heavy (non-hydrogen) atoms. The summed E-state index contributed by atoms with van der Waals surface area (Å²) in [6.45, 7) is 4.60. The minimum absolute atomic E-state index is 0.180. The highest BCUT2D eigenvalue weighted by Gasteiger charge is 2.21. The second kappa shape index (κ2) is 2.87. The van der Waals surface area contributed by atoms with Gasteiger partial charge in [-0.2, -0.15) is 0 Å². The lowest BCUT2D eigenvalue weighted by Crippen LogP contribution is -1.96. The van der Waals surface area contributed by atoms with E-state index >= 15 is 0 Å². The number of rotatable bonds is 1. The van der Waals surface area contributed by atoms with Gasteiger partial charge in [-0.3, -0.25) is 0 Å². The summed E-state index contributed by atoms with van der Waals surface area (Å²) in [6.07, 6.45) is 1.01. The first-order valence-corrected chi connectivity index (χ1v) is 4.52. The standard InChI is InChI=1S/C11H12O2/c1-3-8-5-9-6-13-11(12)10(9)4-7(8)2/h4-5H,3,6H2,1-2H3. The average molecular weight is 176 g/mol. The molecule has 68 valence electrons. The lowest BCUT2D eigenvalue weighted by Gasteiger charge is -2.03. The molecule has 0 unspecified atom stereocenters. The van der Waals surface area contributed by atoms with Crippen molar-refractivity contribution in [3.63, 3.8) is 0 Å². The van der Waals surface area contributed by atoms with Crippen LogP contribution in [0, 0.1) is 6.92 Å². The molecule has 2 heteroatoms. The molecule has 0 spiro atoms. The molecule has 0 atom stereocenters. The maximum atomic E-state index is 11.2. The minimum Gasteiger partial charge on any atom is -0.457 e. The third-order valence-electron chi connectivity index (χ3n) is 2.52. The summed E-state index contributed by atoms with van der Waals surface area (Å²) in [5.74, 6) is -0.180. The van der Waals surface area contributed by atoms with E-state index in [2.05, 4.69) is 13.0 Å². The second-order valence-electron chi connectivity index (χ2n) is 3.37. The third kappa shape index (κ3) is 1.22. The van der Waals surface area contributed by atoms with E-state index in [1.54, 1.807) is 0 Å². The zero-order valence-electron chi connectivity index (χ0n) is 7.89. The van der Waals surface area contributed by atoms with Gasteiger partial charge in [-0.25, -0.2) is 4.79 Å². The minimum atomic E-state index is -0.180. The molecule has 0 saturated heterocycles. The van der Waals surface area contributed by atoms with Crippen LogP contribution in [-0.2, 0) is 17.8 Å². The maximum Gasteiger partial charge on any atom is 0.338 e. The molecule has 1 aromatic carbocycles. The molecule has 1 aromatic rings. The van der Waals surface area contributed by atoms with Crippen LogP contribution in [0.1, 0.15) is 34.0 Å². The van der Waals surface area contributed by atoms with Crippen molar-refractivity contribution in [1.82, 2.24) is 0 Å². The topological polar surface area (TPSA) is 26.3 Å².